The lowest BCUT2D eigenvalue weighted by atomic mass is 10.0. The predicted octanol–water partition coefficient (Wildman–Crippen LogP) is 1.78. The number of nitro benzene ring substituents is 1. The normalized spacial score (nSPS) is 11.4. The highest BCUT2D eigenvalue weighted by Gasteiger charge is 2.28. The van der Waals surface area contributed by atoms with Gasteiger partial charge in [0.2, 0.25) is 0 Å². The molecule has 0 bridgehead atoms. The van der Waals surface area contributed by atoms with Crippen LogP contribution in [-0.4, -0.2) is 47.9 Å². The largest absolute Gasteiger partial charge is 0.454 e. The molecule has 0 unspecified atom stereocenters. The lowest BCUT2D eigenvalue weighted by Gasteiger charge is -2.20. The minimum absolute atomic E-state index is 0.0742. The van der Waals surface area contributed by atoms with Crippen LogP contribution in [0.4, 0.5) is 10.5 Å². The fourth-order valence-electron chi connectivity index (χ4n) is 2.19. The number of carbonyl (C=O) groups excluding carboxylic acids is 4. The van der Waals surface area contributed by atoms with Gasteiger partial charge in [-0.15, -0.1) is 0 Å². The van der Waals surface area contributed by atoms with Gasteiger partial charge in [0.05, 0.1) is 4.92 Å². The fraction of sp³-hybridized carbons (Fsp3) is 0.444. The quantitative estimate of drug-likeness (QED) is 0.299. The highest BCUT2D eigenvalue weighted by atomic mass is 35.5. The smallest absolute Gasteiger partial charge is 0.329 e. The van der Waals surface area contributed by atoms with E-state index in [1.807, 2.05) is 12.2 Å². The Morgan fingerprint density at radius 2 is 1.90 bits per heavy atom. The Labute approximate surface area is 177 Å². The van der Waals surface area contributed by atoms with Gasteiger partial charge >= 0.3 is 12.0 Å². The van der Waals surface area contributed by atoms with Crippen molar-refractivity contribution in [2.24, 2.45) is 5.92 Å². The zero-order valence-corrected chi connectivity index (χ0v) is 17.4. The second kappa shape index (κ2) is 11.7. The van der Waals surface area contributed by atoms with E-state index in [0.717, 1.165) is 6.07 Å². The monoisotopic (exact) mass is 442 g/mol. The highest BCUT2D eigenvalue weighted by Crippen LogP contribution is 2.25. The number of esters is 1. The van der Waals surface area contributed by atoms with Gasteiger partial charge in [0.15, 0.2) is 6.61 Å². The van der Waals surface area contributed by atoms with Crippen molar-refractivity contribution in [3.63, 3.8) is 0 Å². The van der Waals surface area contributed by atoms with Crippen molar-refractivity contribution in [1.29, 1.82) is 0 Å². The maximum atomic E-state index is 12.4. The number of hydrogen-bond donors (Lipinski definition) is 3. The first-order chi connectivity index (χ1) is 14.1. The molecule has 1 aromatic carbocycles. The van der Waals surface area contributed by atoms with Crippen LogP contribution in [0.3, 0.4) is 0 Å². The standard InChI is InChI=1S/C18H23ClN4O7/c1-4-7-20-18(27)21-14(24)9-30-17(26)15(10(2)3)22-16(25)11-5-6-12(19)13(8-11)23(28)29/h5-6,8,10,15H,4,7,9H2,1-3H3,(H,22,25)(H2,20,21,24,27)/t15-/m0/s1. The third-order valence-corrected chi connectivity index (χ3v) is 4.07. The number of benzene rings is 1. The van der Waals surface area contributed by atoms with Crippen LogP contribution >= 0.6 is 11.6 Å². The fourth-order valence-corrected chi connectivity index (χ4v) is 2.37. The number of nitro groups is 1. The highest BCUT2D eigenvalue weighted by molar-refractivity contribution is 6.32. The van der Waals surface area contributed by atoms with Crippen molar-refractivity contribution in [2.45, 2.75) is 33.2 Å². The maximum Gasteiger partial charge on any atom is 0.329 e. The summed E-state index contributed by atoms with van der Waals surface area (Å²) in [6.07, 6.45) is 0.684. The second-order valence-corrected chi connectivity index (χ2v) is 6.94. The molecule has 0 saturated carbocycles. The van der Waals surface area contributed by atoms with Crippen molar-refractivity contribution in [3.05, 3.63) is 38.9 Å². The minimum Gasteiger partial charge on any atom is -0.454 e. The van der Waals surface area contributed by atoms with Crippen molar-refractivity contribution >= 4 is 41.1 Å². The maximum absolute atomic E-state index is 12.4. The summed E-state index contributed by atoms with van der Waals surface area (Å²) in [5.74, 6) is -2.90. The van der Waals surface area contributed by atoms with E-state index in [2.05, 4.69) is 10.6 Å². The molecule has 164 valence electrons. The molecule has 1 rings (SSSR count). The number of nitrogens with one attached hydrogen (secondary N) is 3. The summed E-state index contributed by atoms with van der Waals surface area (Å²) in [6.45, 7) is 4.77. The number of amides is 4. The number of ether oxygens (including phenoxy) is 1. The van der Waals surface area contributed by atoms with Gasteiger partial charge in [-0.25, -0.2) is 9.59 Å². The molecule has 11 nitrogen and oxygen atoms in total. The van der Waals surface area contributed by atoms with E-state index in [1.54, 1.807) is 13.8 Å². The summed E-state index contributed by atoms with van der Waals surface area (Å²) in [6, 6.07) is 1.62. The Kier molecular flexibility index (Phi) is 9.69. The van der Waals surface area contributed by atoms with Gasteiger partial charge in [-0.3, -0.25) is 25.0 Å². The zero-order chi connectivity index (χ0) is 22.8. The molecule has 0 aliphatic rings. The Balaban J connectivity index is 2.73. The van der Waals surface area contributed by atoms with E-state index < -0.39 is 53.0 Å². The number of nitrogens with zero attached hydrogens (tertiary/aromatic N) is 1. The average molecular weight is 443 g/mol. The van der Waals surface area contributed by atoms with Crippen LogP contribution in [0.5, 0.6) is 0 Å². The molecule has 0 aliphatic carbocycles. The Hall–Kier alpha value is -3.21. The molecular weight excluding hydrogens is 420 g/mol. The van der Waals surface area contributed by atoms with E-state index in [1.165, 1.54) is 12.1 Å². The van der Waals surface area contributed by atoms with E-state index in [4.69, 9.17) is 16.3 Å². The summed E-state index contributed by atoms with van der Waals surface area (Å²) in [5, 5.41) is 17.7. The Bertz CT molecular complexity index is 829. The van der Waals surface area contributed by atoms with Crippen molar-refractivity contribution < 1.29 is 28.8 Å². The van der Waals surface area contributed by atoms with Gasteiger partial charge < -0.3 is 15.4 Å². The molecular formula is C18H23ClN4O7. The predicted molar refractivity (Wildman–Crippen MR) is 107 cm³/mol. The number of hydrogen-bond acceptors (Lipinski definition) is 7. The zero-order valence-electron chi connectivity index (χ0n) is 16.7. The summed E-state index contributed by atoms with van der Waals surface area (Å²) in [7, 11) is 0. The lowest BCUT2D eigenvalue weighted by molar-refractivity contribution is -0.384. The third kappa shape index (κ3) is 7.66. The third-order valence-electron chi connectivity index (χ3n) is 3.75. The molecule has 12 heteroatoms. The van der Waals surface area contributed by atoms with Crippen molar-refractivity contribution in [1.82, 2.24) is 16.0 Å². The Morgan fingerprint density at radius 3 is 2.47 bits per heavy atom. The number of carbonyl (C=O) groups is 4. The topological polar surface area (TPSA) is 157 Å². The lowest BCUT2D eigenvalue weighted by Crippen LogP contribution is -2.47. The first-order valence-electron chi connectivity index (χ1n) is 9.05. The van der Waals surface area contributed by atoms with Crippen LogP contribution in [0.2, 0.25) is 5.02 Å². The van der Waals surface area contributed by atoms with Crippen molar-refractivity contribution in [2.75, 3.05) is 13.2 Å². The molecule has 0 radical (unpaired) electrons. The van der Waals surface area contributed by atoms with Gasteiger partial charge in [-0.05, 0) is 24.5 Å². The summed E-state index contributed by atoms with van der Waals surface area (Å²) < 4.78 is 4.88. The van der Waals surface area contributed by atoms with Crippen LogP contribution in [0, 0.1) is 16.0 Å². The SMILES string of the molecule is CCCNC(=O)NC(=O)COC(=O)[C@@H](NC(=O)c1ccc(Cl)c([N+](=O)[O-])c1)C(C)C. The molecule has 0 heterocycles. The molecule has 3 N–H and O–H groups in total. The molecule has 1 aromatic rings. The number of urea groups is 1. The summed E-state index contributed by atoms with van der Waals surface area (Å²) in [5.41, 5.74) is -0.527. The molecule has 1 atom stereocenters. The van der Waals surface area contributed by atoms with E-state index in [0.29, 0.717) is 13.0 Å². The first-order valence-corrected chi connectivity index (χ1v) is 9.43. The van der Waals surface area contributed by atoms with Crippen molar-refractivity contribution in [3.8, 4) is 0 Å². The molecule has 0 aliphatic heterocycles. The molecule has 4 amide bonds. The van der Waals surface area contributed by atoms with Gasteiger partial charge in [-0.1, -0.05) is 32.4 Å². The van der Waals surface area contributed by atoms with E-state index in [-0.39, 0.29) is 10.6 Å². The van der Waals surface area contributed by atoms with Crippen LogP contribution in [0.25, 0.3) is 0 Å². The van der Waals surface area contributed by atoms with Crippen LogP contribution in [-0.2, 0) is 14.3 Å². The number of rotatable bonds is 9. The summed E-state index contributed by atoms with van der Waals surface area (Å²) in [4.78, 5) is 58.0. The molecule has 30 heavy (non-hydrogen) atoms. The second-order valence-electron chi connectivity index (χ2n) is 6.53. The van der Waals surface area contributed by atoms with Gasteiger partial charge in [0, 0.05) is 18.2 Å². The van der Waals surface area contributed by atoms with E-state index >= 15 is 0 Å². The van der Waals surface area contributed by atoms with Gasteiger partial charge in [0.1, 0.15) is 11.1 Å². The summed E-state index contributed by atoms with van der Waals surface area (Å²) >= 11 is 5.72. The van der Waals surface area contributed by atoms with E-state index in [9.17, 15) is 29.3 Å². The number of halogens is 1. The van der Waals surface area contributed by atoms with Crippen LogP contribution < -0.4 is 16.0 Å². The minimum atomic E-state index is -1.13. The molecule has 0 spiro atoms. The first kappa shape index (κ1) is 24.8. The van der Waals surface area contributed by atoms with Gasteiger partial charge in [-0.2, -0.15) is 0 Å². The molecule has 0 fully saturated rings. The van der Waals surface area contributed by atoms with Gasteiger partial charge in [0.25, 0.3) is 17.5 Å². The van der Waals surface area contributed by atoms with Crippen LogP contribution in [0.15, 0.2) is 18.2 Å². The molecule has 0 aromatic heterocycles. The van der Waals surface area contributed by atoms with Crippen LogP contribution in [0.1, 0.15) is 37.6 Å². The Morgan fingerprint density at radius 1 is 1.23 bits per heavy atom. The molecule has 0 saturated heterocycles. The average Bonchev–Trinajstić information content (AvgIpc) is 2.68. The number of imide groups is 1.